The molecule has 2 fully saturated rings. The van der Waals surface area contributed by atoms with Crippen LogP contribution >= 0.6 is 0 Å². The van der Waals surface area contributed by atoms with Gasteiger partial charge in [-0.1, -0.05) is 6.07 Å². The van der Waals surface area contributed by atoms with Gasteiger partial charge in [-0.05, 0) is 49.9 Å². The highest BCUT2D eigenvalue weighted by Crippen LogP contribution is 2.23. The van der Waals surface area contributed by atoms with E-state index in [1.54, 1.807) is 17.0 Å². The van der Waals surface area contributed by atoms with E-state index in [2.05, 4.69) is 5.32 Å². The lowest BCUT2D eigenvalue weighted by molar-refractivity contribution is -0.121. The molecule has 1 aromatic carbocycles. The summed E-state index contributed by atoms with van der Waals surface area (Å²) >= 11 is 0. The largest absolute Gasteiger partial charge is 0.491 e. The number of ether oxygens (including phenoxy) is 2. The van der Waals surface area contributed by atoms with Crippen LogP contribution in [0, 0.1) is 5.92 Å². The molecular formula is C22H26N2O5. The molecule has 0 saturated carbocycles. The summed E-state index contributed by atoms with van der Waals surface area (Å²) in [6.45, 7) is 2.42. The van der Waals surface area contributed by atoms with Gasteiger partial charge in [0.25, 0.3) is 5.91 Å². The Hall–Kier alpha value is -2.80. The molecule has 2 aliphatic rings. The van der Waals surface area contributed by atoms with Crippen LogP contribution in [0.25, 0.3) is 0 Å². The third-order valence-corrected chi connectivity index (χ3v) is 5.45. The second kappa shape index (κ2) is 9.13. The van der Waals surface area contributed by atoms with Crippen molar-refractivity contribution in [3.63, 3.8) is 0 Å². The van der Waals surface area contributed by atoms with Crippen molar-refractivity contribution in [2.24, 2.45) is 5.92 Å². The van der Waals surface area contributed by atoms with Crippen LogP contribution in [0.2, 0.25) is 0 Å². The fourth-order valence-corrected chi connectivity index (χ4v) is 3.77. The Morgan fingerprint density at radius 3 is 2.72 bits per heavy atom. The molecule has 1 unspecified atom stereocenters. The number of nitrogens with zero attached hydrogens (tertiary/aromatic N) is 1. The maximum Gasteiger partial charge on any atom is 0.289 e. The van der Waals surface area contributed by atoms with Crippen LogP contribution in [0.3, 0.4) is 0 Å². The topological polar surface area (TPSA) is 81.0 Å². The second-order valence-corrected chi connectivity index (χ2v) is 7.51. The minimum Gasteiger partial charge on any atom is -0.491 e. The summed E-state index contributed by atoms with van der Waals surface area (Å²) in [6, 6.07) is 10.8. The van der Waals surface area contributed by atoms with Gasteiger partial charge in [-0.3, -0.25) is 9.59 Å². The Kier molecular flexibility index (Phi) is 6.14. The van der Waals surface area contributed by atoms with Crippen molar-refractivity contribution in [1.29, 1.82) is 0 Å². The fraction of sp³-hybridized carbons (Fsp3) is 0.455. The number of anilines is 1. The Morgan fingerprint density at radius 2 is 2.00 bits per heavy atom. The lowest BCUT2D eigenvalue weighted by atomic mass is 9.95. The minimum atomic E-state index is -0.120. The monoisotopic (exact) mass is 398 g/mol. The average molecular weight is 398 g/mol. The number of furan rings is 1. The summed E-state index contributed by atoms with van der Waals surface area (Å²) in [5.41, 5.74) is 0.717. The molecule has 2 saturated heterocycles. The molecular weight excluding hydrogens is 372 g/mol. The number of hydrogen-bond donors (Lipinski definition) is 1. The molecule has 2 aromatic rings. The molecule has 4 rings (SSSR count). The summed E-state index contributed by atoms with van der Waals surface area (Å²) < 4.78 is 16.5. The molecule has 7 heteroatoms. The highest BCUT2D eigenvalue weighted by atomic mass is 16.5. The third kappa shape index (κ3) is 4.98. The summed E-state index contributed by atoms with van der Waals surface area (Å²) in [7, 11) is 0. The van der Waals surface area contributed by atoms with Crippen LogP contribution in [0.15, 0.2) is 47.1 Å². The van der Waals surface area contributed by atoms with E-state index < -0.39 is 0 Å². The third-order valence-electron chi connectivity index (χ3n) is 5.45. The van der Waals surface area contributed by atoms with Crippen molar-refractivity contribution < 1.29 is 23.5 Å². The first kappa shape index (κ1) is 19.5. The minimum absolute atomic E-state index is 0.0219. The van der Waals surface area contributed by atoms with Gasteiger partial charge < -0.3 is 24.1 Å². The smallest absolute Gasteiger partial charge is 0.289 e. The van der Waals surface area contributed by atoms with Gasteiger partial charge in [-0.25, -0.2) is 0 Å². The van der Waals surface area contributed by atoms with E-state index in [1.165, 1.54) is 6.26 Å². The van der Waals surface area contributed by atoms with Gasteiger partial charge in [-0.2, -0.15) is 0 Å². The van der Waals surface area contributed by atoms with E-state index >= 15 is 0 Å². The second-order valence-electron chi connectivity index (χ2n) is 7.51. The molecule has 3 heterocycles. The molecule has 7 nitrogen and oxygen atoms in total. The Morgan fingerprint density at radius 1 is 1.14 bits per heavy atom. The molecule has 29 heavy (non-hydrogen) atoms. The van der Waals surface area contributed by atoms with Crippen molar-refractivity contribution in [3.8, 4) is 5.75 Å². The summed E-state index contributed by atoms with van der Waals surface area (Å²) in [6.07, 6.45) is 5.02. The number of rotatable bonds is 6. The highest BCUT2D eigenvalue weighted by Gasteiger charge is 2.28. The highest BCUT2D eigenvalue weighted by molar-refractivity contribution is 5.94. The molecule has 0 bridgehead atoms. The van der Waals surface area contributed by atoms with Crippen LogP contribution < -0.4 is 10.1 Å². The van der Waals surface area contributed by atoms with E-state index in [0.717, 1.165) is 25.2 Å². The lowest BCUT2D eigenvalue weighted by Crippen LogP contribution is -2.41. The maximum absolute atomic E-state index is 12.7. The summed E-state index contributed by atoms with van der Waals surface area (Å²) in [5.74, 6) is 0.799. The lowest BCUT2D eigenvalue weighted by Gasteiger charge is -2.30. The number of hydrogen-bond acceptors (Lipinski definition) is 5. The average Bonchev–Trinajstić information content (AvgIpc) is 3.46. The van der Waals surface area contributed by atoms with Crippen LogP contribution in [0.5, 0.6) is 5.75 Å². The first-order valence-electron chi connectivity index (χ1n) is 10.2. The van der Waals surface area contributed by atoms with Gasteiger partial charge in [0.1, 0.15) is 12.4 Å². The van der Waals surface area contributed by atoms with Gasteiger partial charge in [-0.15, -0.1) is 0 Å². The number of benzene rings is 1. The maximum atomic E-state index is 12.7. The Labute approximate surface area is 170 Å². The zero-order valence-corrected chi connectivity index (χ0v) is 16.3. The van der Waals surface area contributed by atoms with Gasteiger partial charge in [0, 0.05) is 37.4 Å². The Bertz CT molecular complexity index is 821. The zero-order valence-electron chi connectivity index (χ0n) is 16.3. The molecule has 154 valence electrons. The predicted molar refractivity (Wildman–Crippen MR) is 107 cm³/mol. The summed E-state index contributed by atoms with van der Waals surface area (Å²) in [4.78, 5) is 26.7. The number of carbonyl (C=O) groups is 2. The zero-order chi connectivity index (χ0) is 20.1. The number of piperidine rings is 1. The van der Waals surface area contributed by atoms with Crippen LogP contribution in [0.1, 0.15) is 36.2 Å². The molecule has 2 aliphatic heterocycles. The van der Waals surface area contributed by atoms with Gasteiger partial charge in [0.2, 0.25) is 5.91 Å². The Balaban J connectivity index is 1.26. The number of carbonyl (C=O) groups excluding carboxylic acids is 2. The van der Waals surface area contributed by atoms with Crippen LogP contribution in [-0.2, 0) is 9.53 Å². The molecule has 0 aliphatic carbocycles. The first-order chi connectivity index (χ1) is 14.2. The van der Waals surface area contributed by atoms with E-state index in [0.29, 0.717) is 44.0 Å². The van der Waals surface area contributed by atoms with Crippen LogP contribution in [0.4, 0.5) is 5.69 Å². The predicted octanol–water partition coefficient (Wildman–Crippen LogP) is 3.33. The fourth-order valence-electron chi connectivity index (χ4n) is 3.77. The van der Waals surface area contributed by atoms with Crippen molar-refractivity contribution >= 4 is 17.5 Å². The van der Waals surface area contributed by atoms with Crippen molar-refractivity contribution in [2.45, 2.75) is 31.8 Å². The molecule has 0 radical (unpaired) electrons. The standard InChI is InChI=1S/C22H26N2O5/c25-21(16-8-10-24(11-9-16)22(26)20-7-3-13-28-20)23-17-4-1-5-18(14-17)29-15-19-6-2-12-27-19/h1,3-5,7,13-14,16,19H,2,6,8-12,15H2,(H,23,25). The van der Waals surface area contributed by atoms with Gasteiger partial charge >= 0.3 is 0 Å². The first-order valence-corrected chi connectivity index (χ1v) is 10.2. The van der Waals surface area contributed by atoms with E-state index in [4.69, 9.17) is 13.9 Å². The number of likely N-dealkylation sites (tertiary alicyclic amines) is 1. The quantitative estimate of drug-likeness (QED) is 0.807. The van der Waals surface area contributed by atoms with E-state index in [-0.39, 0.29) is 23.8 Å². The molecule has 1 aromatic heterocycles. The molecule has 2 amide bonds. The van der Waals surface area contributed by atoms with Crippen molar-refractivity contribution in [3.05, 3.63) is 48.4 Å². The molecule has 1 N–H and O–H groups in total. The van der Waals surface area contributed by atoms with Crippen molar-refractivity contribution in [1.82, 2.24) is 4.90 Å². The SMILES string of the molecule is O=C(Nc1cccc(OCC2CCCO2)c1)C1CCN(C(=O)c2ccco2)CC1. The van der Waals surface area contributed by atoms with Crippen LogP contribution in [-0.4, -0.2) is 49.1 Å². The van der Waals surface area contributed by atoms with Gasteiger partial charge in [0.05, 0.1) is 12.4 Å². The number of nitrogens with one attached hydrogen (secondary N) is 1. The molecule has 0 spiro atoms. The van der Waals surface area contributed by atoms with Gasteiger partial charge in [0.15, 0.2) is 5.76 Å². The van der Waals surface area contributed by atoms with Crippen molar-refractivity contribution in [2.75, 3.05) is 31.6 Å². The molecule has 1 atom stereocenters. The van der Waals surface area contributed by atoms with E-state index in [1.807, 2.05) is 24.3 Å². The normalized spacial score (nSPS) is 19.9. The van der Waals surface area contributed by atoms with E-state index in [9.17, 15) is 9.59 Å². The number of amides is 2. The summed E-state index contributed by atoms with van der Waals surface area (Å²) in [5, 5.41) is 2.98.